The standard InChI is InChI=1S/C19H41NO3P/c1-5-6-7-8-9-10-11-12-13-14-15-20(3,4)16-17-22-19(21)18(2)23-24/h18H,5-17,24H2,1-4H3/q+1. The highest BCUT2D eigenvalue weighted by molar-refractivity contribution is 7.09. The maximum Gasteiger partial charge on any atom is 0.335 e. The number of hydrogen-bond donors (Lipinski definition) is 0. The van der Waals surface area contributed by atoms with Crippen LogP contribution >= 0.6 is 9.47 Å². The van der Waals surface area contributed by atoms with Crippen LogP contribution in [-0.2, 0) is 14.1 Å². The van der Waals surface area contributed by atoms with Crippen molar-refractivity contribution >= 4 is 15.4 Å². The van der Waals surface area contributed by atoms with E-state index in [1.165, 1.54) is 64.2 Å². The Hall–Kier alpha value is -0.180. The van der Waals surface area contributed by atoms with Crippen LogP contribution in [0, 0.1) is 0 Å². The predicted molar refractivity (Wildman–Crippen MR) is 105 cm³/mol. The third kappa shape index (κ3) is 14.2. The van der Waals surface area contributed by atoms with E-state index in [-0.39, 0.29) is 5.97 Å². The maximum absolute atomic E-state index is 11.5. The van der Waals surface area contributed by atoms with Crippen LogP contribution in [0.2, 0.25) is 0 Å². The molecule has 0 aromatic heterocycles. The van der Waals surface area contributed by atoms with Gasteiger partial charge in [0, 0.05) is 9.47 Å². The molecule has 4 nitrogen and oxygen atoms in total. The van der Waals surface area contributed by atoms with Crippen molar-refractivity contribution in [2.24, 2.45) is 0 Å². The molecule has 0 aromatic rings. The smallest absolute Gasteiger partial charge is 0.335 e. The van der Waals surface area contributed by atoms with E-state index in [1.807, 2.05) is 0 Å². The van der Waals surface area contributed by atoms with Crippen LogP contribution in [0.4, 0.5) is 0 Å². The molecule has 0 fully saturated rings. The molecular formula is C19H41NO3P+. The molecule has 2 atom stereocenters. The fourth-order valence-electron chi connectivity index (χ4n) is 2.71. The average molecular weight is 363 g/mol. The Morgan fingerprint density at radius 2 is 1.42 bits per heavy atom. The average Bonchev–Trinajstić information content (AvgIpc) is 2.55. The topological polar surface area (TPSA) is 35.5 Å². The summed E-state index contributed by atoms with van der Waals surface area (Å²) in [6.45, 7) is 6.42. The van der Waals surface area contributed by atoms with E-state index in [1.54, 1.807) is 6.92 Å². The lowest BCUT2D eigenvalue weighted by Gasteiger charge is -2.29. The van der Waals surface area contributed by atoms with Crippen LogP contribution in [0.15, 0.2) is 0 Å². The number of ether oxygens (including phenoxy) is 1. The number of carbonyl (C=O) groups is 1. The second-order valence-electron chi connectivity index (χ2n) is 7.51. The van der Waals surface area contributed by atoms with Gasteiger partial charge in [0.1, 0.15) is 13.2 Å². The molecule has 0 amide bonds. The van der Waals surface area contributed by atoms with Gasteiger partial charge in [-0.15, -0.1) is 0 Å². The molecule has 0 N–H and O–H groups in total. The normalized spacial score (nSPS) is 13.0. The van der Waals surface area contributed by atoms with Crippen molar-refractivity contribution in [3.05, 3.63) is 0 Å². The molecule has 2 unspecified atom stereocenters. The van der Waals surface area contributed by atoms with Gasteiger partial charge < -0.3 is 13.7 Å². The number of likely N-dealkylation sites (N-methyl/N-ethyl adjacent to an activating group) is 1. The molecule has 0 saturated carbocycles. The van der Waals surface area contributed by atoms with Gasteiger partial charge in [0.15, 0.2) is 6.10 Å². The molecule has 0 aliphatic rings. The summed E-state index contributed by atoms with van der Waals surface area (Å²) >= 11 is 0. The molecule has 0 saturated heterocycles. The van der Waals surface area contributed by atoms with Gasteiger partial charge in [-0.2, -0.15) is 0 Å². The van der Waals surface area contributed by atoms with Gasteiger partial charge >= 0.3 is 5.97 Å². The zero-order chi connectivity index (χ0) is 18.3. The van der Waals surface area contributed by atoms with Crippen molar-refractivity contribution in [1.29, 1.82) is 0 Å². The van der Waals surface area contributed by atoms with Crippen LogP contribution < -0.4 is 0 Å². The molecule has 0 heterocycles. The summed E-state index contributed by atoms with van der Waals surface area (Å²) in [7, 11) is 6.51. The number of quaternary nitrogens is 1. The summed E-state index contributed by atoms with van der Waals surface area (Å²) in [5, 5.41) is 0. The minimum Gasteiger partial charge on any atom is -0.458 e. The molecule has 0 spiro atoms. The Bertz CT molecular complexity index is 311. The summed E-state index contributed by atoms with van der Waals surface area (Å²) in [6, 6.07) is 0. The van der Waals surface area contributed by atoms with Crippen LogP contribution in [-0.4, -0.2) is 50.3 Å². The Morgan fingerprint density at radius 1 is 0.917 bits per heavy atom. The fraction of sp³-hybridized carbons (Fsp3) is 0.947. The Morgan fingerprint density at radius 3 is 1.92 bits per heavy atom. The minimum atomic E-state index is -0.507. The number of esters is 1. The summed E-state index contributed by atoms with van der Waals surface area (Å²) in [5.74, 6) is -0.288. The van der Waals surface area contributed by atoms with E-state index in [4.69, 9.17) is 9.26 Å². The predicted octanol–water partition coefficient (Wildman–Crippen LogP) is 4.72. The van der Waals surface area contributed by atoms with E-state index in [0.29, 0.717) is 6.61 Å². The van der Waals surface area contributed by atoms with Gasteiger partial charge in [-0.05, 0) is 19.8 Å². The van der Waals surface area contributed by atoms with Crippen molar-refractivity contribution in [2.45, 2.75) is 84.2 Å². The molecule has 0 aliphatic carbocycles. The lowest BCUT2D eigenvalue weighted by atomic mass is 10.1. The highest BCUT2D eigenvalue weighted by Gasteiger charge is 2.18. The van der Waals surface area contributed by atoms with Crippen molar-refractivity contribution in [2.75, 3.05) is 33.8 Å². The molecule has 0 aliphatic heterocycles. The highest BCUT2D eigenvalue weighted by atomic mass is 31.0. The monoisotopic (exact) mass is 362 g/mol. The second-order valence-corrected chi connectivity index (χ2v) is 7.78. The number of hydrogen-bond acceptors (Lipinski definition) is 3. The van der Waals surface area contributed by atoms with Crippen LogP contribution in [0.1, 0.15) is 78.1 Å². The van der Waals surface area contributed by atoms with Crippen molar-refractivity contribution in [3.63, 3.8) is 0 Å². The van der Waals surface area contributed by atoms with Gasteiger partial charge in [-0.25, -0.2) is 4.79 Å². The zero-order valence-corrected chi connectivity index (χ0v) is 17.7. The maximum atomic E-state index is 11.5. The first kappa shape index (κ1) is 23.8. The van der Waals surface area contributed by atoms with Crippen molar-refractivity contribution in [3.8, 4) is 0 Å². The van der Waals surface area contributed by atoms with E-state index in [2.05, 4.69) is 30.5 Å². The van der Waals surface area contributed by atoms with E-state index < -0.39 is 6.10 Å². The van der Waals surface area contributed by atoms with E-state index in [0.717, 1.165) is 17.6 Å². The summed E-state index contributed by atoms with van der Waals surface area (Å²) in [4.78, 5) is 11.5. The van der Waals surface area contributed by atoms with Gasteiger partial charge in [-0.1, -0.05) is 58.3 Å². The lowest BCUT2D eigenvalue weighted by Crippen LogP contribution is -2.43. The largest absolute Gasteiger partial charge is 0.458 e. The third-order valence-corrected chi connectivity index (χ3v) is 5.00. The third-order valence-electron chi connectivity index (χ3n) is 4.59. The fourth-order valence-corrected chi connectivity index (χ4v) is 2.82. The van der Waals surface area contributed by atoms with Crippen molar-refractivity contribution < 1.29 is 18.5 Å². The lowest BCUT2D eigenvalue weighted by molar-refractivity contribution is -0.890. The Kier molecular flexibility index (Phi) is 15.0. The quantitative estimate of drug-likeness (QED) is 0.172. The van der Waals surface area contributed by atoms with Crippen LogP contribution in [0.5, 0.6) is 0 Å². The molecule has 5 heteroatoms. The highest BCUT2D eigenvalue weighted by Crippen LogP contribution is 2.11. The molecule has 0 rings (SSSR count). The number of unbranched alkanes of at least 4 members (excludes halogenated alkanes) is 9. The molecule has 144 valence electrons. The minimum absolute atomic E-state index is 0.288. The SMILES string of the molecule is CCCCCCCCCCCC[N+](C)(C)CCOC(=O)C(C)OP. The number of carbonyl (C=O) groups excluding carboxylic acids is 1. The first-order chi connectivity index (χ1) is 11.4. The van der Waals surface area contributed by atoms with E-state index in [9.17, 15) is 4.79 Å². The summed E-state index contributed by atoms with van der Waals surface area (Å²) in [6.07, 6.45) is 13.1. The first-order valence-corrected chi connectivity index (χ1v) is 10.2. The molecular weight excluding hydrogens is 321 g/mol. The van der Waals surface area contributed by atoms with Crippen LogP contribution in [0.25, 0.3) is 0 Å². The molecule has 0 radical (unpaired) electrons. The molecule has 0 bridgehead atoms. The summed E-state index contributed by atoms with van der Waals surface area (Å²) < 4.78 is 11.0. The molecule has 0 aromatic carbocycles. The first-order valence-electron chi connectivity index (χ1n) is 9.77. The van der Waals surface area contributed by atoms with Crippen molar-refractivity contribution in [1.82, 2.24) is 0 Å². The zero-order valence-electron chi connectivity index (χ0n) is 16.5. The Labute approximate surface area is 152 Å². The summed E-state index contributed by atoms with van der Waals surface area (Å²) in [5.41, 5.74) is 0. The van der Waals surface area contributed by atoms with Gasteiger partial charge in [0.25, 0.3) is 0 Å². The van der Waals surface area contributed by atoms with Crippen LogP contribution in [0.3, 0.4) is 0 Å². The Balaban J connectivity index is 3.52. The molecule has 24 heavy (non-hydrogen) atoms. The second kappa shape index (κ2) is 15.1. The number of nitrogens with zero attached hydrogens (tertiary/aromatic N) is 1. The van der Waals surface area contributed by atoms with Gasteiger partial charge in [0.2, 0.25) is 0 Å². The van der Waals surface area contributed by atoms with E-state index >= 15 is 0 Å². The van der Waals surface area contributed by atoms with Gasteiger partial charge in [-0.3, -0.25) is 0 Å². The number of rotatable bonds is 16. The van der Waals surface area contributed by atoms with Gasteiger partial charge in [0.05, 0.1) is 20.6 Å².